The number of fused-ring (bicyclic) bond motifs is 8. The molecule has 4 heterocycles. The van der Waals surface area contributed by atoms with Crippen molar-refractivity contribution in [3.8, 4) is 0 Å². The van der Waals surface area contributed by atoms with Gasteiger partial charge in [-0.2, -0.15) is 0 Å². The number of para-hydroxylation sites is 1. The van der Waals surface area contributed by atoms with Crippen molar-refractivity contribution >= 4 is 43.4 Å². The van der Waals surface area contributed by atoms with E-state index >= 15 is 0 Å². The maximum atomic E-state index is 12.9. The topological polar surface area (TPSA) is 195 Å². The number of rotatable bonds is 2. The van der Waals surface area contributed by atoms with Gasteiger partial charge in [-0.3, -0.25) is 29.1 Å². The first-order chi connectivity index (χ1) is 16.3. The summed E-state index contributed by atoms with van der Waals surface area (Å²) in [6.07, 6.45) is -7.72. The number of nitrogens with one attached hydrogen (secondary N) is 2. The molecule has 0 radical (unpaired) electrons. The first kappa shape index (κ1) is 20.9. The van der Waals surface area contributed by atoms with Crippen molar-refractivity contribution < 1.29 is 25.2 Å². The number of ether oxygens (including phenoxy) is 1. The van der Waals surface area contributed by atoms with Crippen molar-refractivity contribution in [2.24, 2.45) is 0 Å². The van der Waals surface area contributed by atoms with E-state index in [0.29, 0.717) is 10.9 Å². The number of nitrogens with zero attached hydrogens (tertiary/aromatic N) is 1. The lowest BCUT2D eigenvalue weighted by atomic mass is 9.98. The molecule has 2 aromatic carbocycles. The van der Waals surface area contributed by atoms with E-state index in [1.165, 1.54) is 4.57 Å². The fourth-order valence-electron chi connectivity index (χ4n) is 5.17. The summed E-state index contributed by atoms with van der Waals surface area (Å²) in [6, 6.07) is 6.56. The van der Waals surface area contributed by atoms with Gasteiger partial charge >= 0.3 is 0 Å². The highest BCUT2D eigenvalue weighted by atomic mass is 16.6. The Morgan fingerprint density at radius 1 is 0.765 bits per heavy atom. The van der Waals surface area contributed by atoms with Crippen molar-refractivity contribution in [1.29, 1.82) is 0 Å². The lowest BCUT2D eigenvalue weighted by Crippen LogP contribution is -2.56. The maximum Gasteiger partial charge on any atom is 0.261 e. The molecule has 1 fully saturated rings. The van der Waals surface area contributed by atoms with Gasteiger partial charge in [0.1, 0.15) is 24.4 Å². The van der Waals surface area contributed by atoms with Gasteiger partial charge < -0.3 is 29.7 Å². The zero-order chi connectivity index (χ0) is 24.0. The maximum absolute atomic E-state index is 12.9. The van der Waals surface area contributed by atoms with Gasteiger partial charge in [-0.05, 0) is 6.07 Å². The largest absolute Gasteiger partial charge is 0.394 e. The number of aliphatic hydroxyl groups is 4. The minimum absolute atomic E-state index is 0.0347. The highest BCUT2D eigenvalue weighted by Gasteiger charge is 2.45. The molecule has 12 nitrogen and oxygen atoms in total. The Kier molecular flexibility index (Phi) is 4.25. The van der Waals surface area contributed by atoms with Gasteiger partial charge in [-0.1, -0.05) is 18.2 Å². The van der Waals surface area contributed by atoms with Crippen molar-refractivity contribution in [3.63, 3.8) is 0 Å². The molecule has 174 valence electrons. The Morgan fingerprint density at radius 2 is 1.32 bits per heavy atom. The molecule has 0 saturated carbocycles. The van der Waals surface area contributed by atoms with Gasteiger partial charge in [0.2, 0.25) is 0 Å². The molecule has 1 saturated heterocycles. The van der Waals surface area contributed by atoms with Gasteiger partial charge in [0.15, 0.2) is 6.23 Å². The molecule has 0 aliphatic carbocycles. The number of aromatic nitrogens is 3. The summed E-state index contributed by atoms with van der Waals surface area (Å²) in [6.45, 7) is -0.679. The van der Waals surface area contributed by atoms with Crippen molar-refractivity contribution in [2.75, 3.05) is 6.61 Å². The minimum Gasteiger partial charge on any atom is -0.394 e. The van der Waals surface area contributed by atoms with Gasteiger partial charge in [-0.25, -0.2) is 0 Å². The molecular weight excluding hydrogens is 450 g/mol. The van der Waals surface area contributed by atoms with Crippen LogP contribution in [0.3, 0.4) is 0 Å². The van der Waals surface area contributed by atoms with E-state index in [4.69, 9.17) is 4.74 Å². The molecule has 0 bridgehead atoms. The lowest BCUT2D eigenvalue weighted by Gasteiger charge is -2.41. The number of aliphatic hydroxyl groups excluding tert-OH is 4. The van der Waals surface area contributed by atoms with Crippen LogP contribution in [0.2, 0.25) is 0 Å². The molecule has 5 atom stereocenters. The molecule has 3 aromatic heterocycles. The monoisotopic (exact) mass is 467 g/mol. The molecule has 6 N–H and O–H groups in total. The third kappa shape index (κ3) is 2.43. The molecule has 0 spiro atoms. The average molecular weight is 467 g/mol. The third-order valence-electron chi connectivity index (χ3n) is 6.63. The smallest absolute Gasteiger partial charge is 0.261 e. The van der Waals surface area contributed by atoms with Gasteiger partial charge in [0.25, 0.3) is 22.2 Å². The van der Waals surface area contributed by atoms with Crippen LogP contribution < -0.4 is 22.2 Å². The van der Waals surface area contributed by atoms with E-state index in [1.807, 2.05) is 0 Å². The molecule has 12 heteroatoms. The van der Waals surface area contributed by atoms with Crippen LogP contribution in [0.1, 0.15) is 6.23 Å². The molecule has 6 rings (SSSR count). The minimum atomic E-state index is -1.71. The fourth-order valence-corrected chi connectivity index (χ4v) is 5.17. The van der Waals surface area contributed by atoms with Gasteiger partial charge in [0.05, 0.1) is 39.2 Å². The van der Waals surface area contributed by atoms with Crippen LogP contribution in [0.15, 0.2) is 43.4 Å². The predicted molar refractivity (Wildman–Crippen MR) is 120 cm³/mol. The summed E-state index contributed by atoms with van der Waals surface area (Å²) in [5, 5.41) is 40.9. The van der Waals surface area contributed by atoms with E-state index in [1.54, 1.807) is 24.3 Å². The molecular formula is C22H17N3O9. The summed E-state index contributed by atoms with van der Waals surface area (Å²) >= 11 is 0. The highest BCUT2D eigenvalue weighted by Crippen LogP contribution is 2.41. The number of H-pyrrole nitrogens is 2. The van der Waals surface area contributed by atoms with Crippen LogP contribution in [0, 0.1) is 0 Å². The fraction of sp³-hybridized carbons (Fsp3) is 0.273. The SMILES string of the molecule is O=c1[nH]c(=O)c2c1c1c(=O)[nH]c(=O)c1c1c2c2ccccc2n1[C@@H]1O[C@H](CO)[C@@H](O)[C@H](O)[C@H]1O. The second kappa shape index (κ2) is 6.91. The molecule has 34 heavy (non-hydrogen) atoms. The number of aromatic amines is 2. The van der Waals surface area contributed by atoms with Crippen LogP contribution in [-0.2, 0) is 4.74 Å². The average Bonchev–Trinajstić information content (AvgIpc) is 3.41. The predicted octanol–water partition coefficient (Wildman–Crippen LogP) is -1.95. The van der Waals surface area contributed by atoms with E-state index in [-0.39, 0.29) is 32.4 Å². The van der Waals surface area contributed by atoms with E-state index in [9.17, 15) is 39.6 Å². The lowest BCUT2D eigenvalue weighted by molar-refractivity contribution is -0.249. The first-order valence-electron chi connectivity index (χ1n) is 10.4. The van der Waals surface area contributed by atoms with E-state index < -0.39 is 59.5 Å². The Labute approximate surface area is 186 Å². The Bertz CT molecular complexity index is 1840. The summed E-state index contributed by atoms with van der Waals surface area (Å²) in [4.78, 5) is 55.3. The molecule has 1 aliphatic heterocycles. The Hall–Kier alpha value is -3.68. The van der Waals surface area contributed by atoms with Crippen LogP contribution in [0.4, 0.5) is 0 Å². The number of benzene rings is 2. The number of hydrogen-bond donors (Lipinski definition) is 6. The Balaban J connectivity index is 1.90. The third-order valence-corrected chi connectivity index (χ3v) is 6.63. The summed E-state index contributed by atoms with van der Waals surface area (Å²) in [7, 11) is 0. The number of hydrogen-bond acceptors (Lipinski definition) is 9. The van der Waals surface area contributed by atoms with Gasteiger partial charge in [-0.15, -0.1) is 0 Å². The second-order valence-corrected chi connectivity index (χ2v) is 8.40. The van der Waals surface area contributed by atoms with Crippen molar-refractivity contribution in [3.05, 3.63) is 65.7 Å². The molecule has 0 unspecified atom stereocenters. The zero-order valence-corrected chi connectivity index (χ0v) is 17.2. The molecule has 1 aliphatic rings. The van der Waals surface area contributed by atoms with Gasteiger partial charge in [0, 0.05) is 10.8 Å². The highest BCUT2D eigenvalue weighted by molar-refractivity contribution is 6.31. The van der Waals surface area contributed by atoms with Crippen LogP contribution in [-0.4, -0.2) is 66.0 Å². The summed E-state index contributed by atoms with van der Waals surface area (Å²) in [5.41, 5.74) is -2.84. The molecule has 5 aromatic rings. The van der Waals surface area contributed by atoms with Crippen LogP contribution in [0.5, 0.6) is 0 Å². The van der Waals surface area contributed by atoms with Crippen molar-refractivity contribution in [2.45, 2.75) is 30.6 Å². The van der Waals surface area contributed by atoms with Crippen LogP contribution >= 0.6 is 0 Å². The standard InChI is InChI=1S/C22H17N3O9/c26-5-8-15(27)16(28)17(29)22(34-8)25-7-4-2-1-3-6(7)9-10-11(19(31)23-18(10)30)12-13(14(9)25)21(33)24-20(12)32/h1-4,8,15-17,22,26-29H,5H2,(H,23,30,31)(H,24,32,33)/t8-,15-,16+,17-,22-/m1/s1. The summed E-state index contributed by atoms with van der Waals surface area (Å²) < 4.78 is 7.10. The normalized spacial score (nSPS) is 25.8. The first-order valence-corrected chi connectivity index (χ1v) is 10.4. The quantitative estimate of drug-likeness (QED) is 0.171. The summed E-state index contributed by atoms with van der Waals surface area (Å²) in [5.74, 6) is 0. The second-order valence-electron chi connectivity index (χ2n) is 8.40. The van der Waals surface area contributed by atoms with E-state index in [0.717, 1.165) is 0 Å². The molecule has 0 amide bonds. The van der Waals surface area contributed by atoms with Crippen molar-refractivity contribution in [1.82, 2.24) is 14.5 Å². The van der Waals surface area contributed by atoms with E-state index in [2.05, 4.69) is 9.97 Å². The zero-order valence-electron chi connectivity index (χ0n) is 17.2. The van der Waals surface area contributed by atoms with Crippen LogP contribution in [0.25, 0.3) is 43.4 Å². The Morgan fingerprint density at radius 3 is 1.97 bits per heavy atom.